The minimum atomic E-state index is -1.09. The first-order valence-electron chi connectivity index (χ1n) is 9.09. The third-order valence-corrected chi connectivity index (χ3v) is 5.04. The minimum absolute atomic E-state index is 0.0497. The molecule has 2 atom stereocenters. The quantitative estimate of drug-likeness (QED) is 0.755. The van der Waals surface area contributed by atoms with Crippen LogP contribution in [0.15, 0.2) is 24.3 Å². The zero-order valence-corrected chi connectivity index (χ0v) is 16.3. The van der Waals surface area contributed by atoms with Crippen molar-refractivity contribution in [2.24, 2.45) is 11.3 Å². The summed E-state index contributed by atoms with van der Waals surface area (Å²) in [6, 6.07) is 6.44. The van der Waals surface area contributed by atoms with Crippen molar-refractivity contribution < 1.29 is 24.2 Å². The SMILES string of the molecule is COCC1(C(=O)O)CCN(C(=O)C(NC(=O)c2cccc(C)c2)C(C)C)C1. The minimum Gasteiger partial charge on any atom is -0.481 e. The number of ether oxygens (including phenoxy) is 1. The van der Waals surface area contributed by atoms with Crippen LogP contribution >= 0.6 is 0 Å². The Hall–Kier alpha value is -2.41. The molecule has 1 heterocycles. The van der Waals surface area contributed by atoms with Crippen molar-refractivity contribution in [1.29, 1.82) is 0 Å². The van der Waals surface area contributed by atoms with E-state index in [2.05, 4.69) is 5.32 Å². The van der Waals surface area contributed by atoms with Gasteiger partial charge < -0.3 is 20.1 Å². The van der Waals surface area contributed by atoms with Gasteiger partial charge in [0.05, 0.1) is 6.61 Å². The van der Waals surface area contributed by atoms with E-state index in [9.17, 15) is 19.5 Å². The molecule has 1 saturated heterocycles. The molecule has 1 aliphatic heterocycles. The van der Waals surface area contributed by atoms with E-state index in [4.69, 9.17) is 4.74 Å². The zero-order chi connectivity index (χ0) is 20.2. The van der Waals surface area contributed by atoms with Crippen LogP contribution in [-0.4, -0.2) is 60.6 Å². The van der Waals surface area contributed by atoms with Crippen molar-refractivity contribution in [3.05, 3.63) is 35.4 Å². The Kier molecular flexibility index (Phi) is 6.59. The van der Waals surface area contributed by atoms with Crippen LogP contribution in [0.2, 0.25) is 0 Å². The average Bonchev–Trinajstić information content (AvgIpc) is 3.04. The van der Waals surface area contributed by atoms with Crippen molar-refractivity contribution in [2.75, 3.05) is 26.8 Å². The maximum absolute atomic E-state index is 13.0. The molecule has 0 saturated carbocycles. The third kappa shape index (κ3) is 4.66. The van der Waals surface area contributed by atoms with Gasteiger partial charge in [0.2, 0.25) is 5.91 Å². The second-order valence-electron chi connectivity index (χ2n) is 7.59. The number of aliphatic carboxylic acids is 1. The molecule has 1 aromatic carbocycles. The molecule has 1 aliphatic rings. The topological polar surface area (TPSA) is 95.9 Å². The number of nitrogens with one attached hydrogen (secondary N) is 1. The van der Waals surface area contributed by atoms with Crippen LogP contribution < -0.4 is 5.32 Å². The molecule has 0 spiro atoms. The Balaban J connectivity index is 2.14. The fourth-order valence-electron chi connectivity index (χ4n) is 3.41. The van der Waals surface area contributed by atoms with Gasteiger partial charge in [-0.3, -0.25) is 14.4 Å². The molecule has 27 heavy (non-hydrogen) atoms. The summed E-state index contributed by atoms with van der Waals surface area (Å²) in [4.78, 5) is 38.8. The lowest BCUT2D eigenvalue weighted by atomic mass is 9.88. The van der Waals surface area contributed by atoms with E-state index in [1.165, 1.54) is 12.0 Å². The molecule has 0 aromatic heterocycles. The van der Waals surface area contributed by atoms with Crippen LogP contribution in [0, 0.1) is 18.3 Å². The van der Waals surface area contributed by atoms with Crippen molar-refractivity contribution >= 4 is 17.8 Å². The zero-order valence-electron chi connectivity index (χ0n) is 16.3. The van der Waals surface area contributed by atoms with Gasteiger partial charge in [-0.2, -0.15) is 0 Å². The van der Waals surface area contributed by atoms with Gasteiger partial charge in [0.1, 0.15) is 11.5 Å². The summed E-state index contributed by atoms with van der Waals surface area (Å²) in [6.45, 7) is 6.07. The fraction of sp³-hybridized carbons (Fsp3) is 0.550. The number of aryl methyl sites for hydroxylation is 1. The number of carbonyl (C=O) groups is 3. The van der Waals surface area contributed by atoms with Crippen LogP contribution in [0.3, 0.4) is 0 Å². The van der Waals surface area contributed by atoms with Gasteiger partial charge in [-0.1, -0.05) is 31.5 Å². The molecular weight excluding hydrogens is 348 g/mol. The summed E-state index contributed by atoms with van der Waals surface area (Å²) in [5, 5.41) is 12.4. The van der Waals surface area contributed by atoms with E-state index in [-0.39, 0.29) is 30.9 Å². The predicted molar refractivity (Wildman–Crippen MR) is 100 cm³/mol. The highest BCUT2D eigenvalue weighted by molar-refractivity contribution is 5.98. The van der Waals surface area contributed by atoms with Gasteiger partial charge in [0, 0.05) is 25.8 Å². The monoisotopic (exact) mass is 376 g/mol. The highest BCUT2D eigenvalue weighted by Crippen LogP contribution is 2.32. The Morgan fingerprint density at radius 2 is 2.04 bits per heavy atom. The highest BCUT2D eigenvalue weighted by atomic mass is 16.5. The summed E-state index contributed by atoms with van der Waals surface area (Å²) in [7, 11) is 1.45. The van der Waals surface area contributed by atoms with E-state index in [1.807, 2.05) is 26.8 Å². The molecule has 1 aromatic rings. The first-order valence-corrected chi connectivity index (χ1v) is 9.09. The predicted octanol–water partition coefficient (Wildman–Crippen LogP) is 1.70. The summed E-state index contributed by atoms with van der Waals surface area (Å²) >= 11 is 0. The van der Waals surface area contributed by atoms with E-state index in [0.717, 1.165) is 5.56 Å². The number of carboxylic acid groups (broad SMARTS) is 1. The lowest BCUT2D eigenvalue weighted by Crippen LogP contribution is -2.51. The van der Waals surface area contributed by atoms with E-state index in [1.54, 1.807) is 18.2 Å². The molecule has 0 aliphatic carbocycles. The number of rotatable bonds is 7. The number of hydrogen-bond donors (Lipinski definition) is 2. The molecule has 148 valence electrons. The van der Waals surface area contributed by atoms with E-state index < -0.39 is 17.4 Å². The summed E-state index contributed by atoms with van der Waals surface area (Å²) in [6.07, 6.45) is 0.332. The van der Waals surface area contributed by atoms with Gasteiger partial charge in [-0.15, -0.1) is 0 Å². The molecule has 2 rings (SSSR count). The first kappa shape index (κ1) is 20.9. The largest absolute Gasteiger partial charge is 0.481 e. The summed E-state index contributed by atoms with van der Waals surface area (Å²) in [5.41, 5.74) is 0.363. The molecule has 2 amide bonds. The van der Waals surface area contributed by atoms with Crippen molar-refractivity contribution in [2.45, 2.75) is 33.2 Å². The van der Waals surface area contributed by atoms with Crippen LogP contribution in [-0.2, 0) is 14.3 Å². The molecule has 2 unspecified atom stereocenters. The standard InChI is InChI=1S/C20H28N2O5/c1-13(2)16(21-17(23)15-7-5-6-14(3)10-15)18(24)22-9-8-20(11-22,12-27-4)19(25)26/h5-7,10,13,16H,8-9,11-12H2,1-4H3,(H,21,23)(H,25,26). The number of hydrogen-bond acceptors (Lipinski definition) is 4. The molecule has 0 radical (unpaired) electrons. The van der Waals surface area contributed by atoms with E-state index >= 15 is 0 Å². The average molecular weight is 376 g/mol. The van der Waals surface area contributed by atoms with Gasteiger partial charge in [-0.25, -0.2) is 0 Å². The normalized spacial score (nSPS) is 20.6. The first-order chi connectivity index (χ1) is 12.7. The number of carboxylic acids is 1. The van der Waals surface area contributed by atoms with E-state index in [0.29, 0.717) is 18.5 Å². The molecule has 7 heteroatoms. The maximum Gasteiger partial charge on any atom is 0.313 e. The van der Waals surface area contributed by atoms with Gasteiger partial charge in [-0.05, 0) is 31.4 Å². The molecule has 1 fully saturated rings. The molecule has 2 N–H and O–H groups in total. The van der Waals surface area contributed by atoms with Crippen molar-refractivity contribution in [3.8, 4) is 0 Å². The second kappa shape index (κ2) is 8.52. The lowest BCUT2D eigenvalue weighted by Gasteiger charge is -2.28. The van der Waals surface area contributed by atoms with Crippen molar-refractivity contribution in [3.63, 3.8) is 0 Å². The molecular formula is C20H28N2O5. The smallest absolute Gasteiger partial charge is 0.313 e. The fourth-order valence-corrected chi connectivity index (χ4v) is 3.41. The Bertz CT molecular complexity index is 718. The highest BCUT2D eigenvalue weighted by Gasteiger charge is 2.47. The summed E-state index contributed by atoms with van der Waals surface area (Å²) in [5.74, 6) is -1.67. The number of amides is 2. The third-order valence-electron chi connectivity index (χ3n) is 5.04. The summed E-state index contributed by atoms with van der Waals surface area (Å²) < 4.78 is 5.07. The number of methoxy groups -OCH3 is 1. The Morgan fingerprint density at radius 3 is 2.59 bits per heavy atom. The number of likely N-dealkylation sites (tertiary alicyclic amines) is 1. The lowest BCUT2D eigenvalue weighted by molar-refractivity contribution is -0.151. The number of carbonyl (C=O) groups excluding carboxylic acids is 2. The second-order valence-corrected chi connectivity index (χ2v) is 7.59. The number of benzene rings is 1. The van der Waals surface area contributed by atoms with Crippen LogP contribution in [0.4, 0.5) is 0 Å². The molecule has 0 bridgehead atoms. The Morgan fingerprint density at radius 1 is 1.33 bits per heavy atom. The van der Waals surface area contributed by atoms with Crippen molar-refractivity contribution in [1.82, 2.24) is 10.2 Å². The van der Waals surface area contributed by atoms with Crippen LogP contribution in [0.5, 0.6) is 0 Å². The van der Waals surface area contributed by atoms with Crippen LogP contribution in [0.25, 0.3) is 0 Å². The van der Waals surface area contributed by atoms with Gasteiger partial charge in [0.15, 0.2) is 0 Å². The van der Waals surface area contributed by atoms with Gasteiger partial charge >= 0.3 is 5.97 Å². The molecule has 7 nitrogen and oxygen atoms in total. The van der Waals surface area contributed by atoms with Gasteiger partial charge in [0.25, 0.3) is 5.91 Å². The Labute approximate surface area is 159 Å². The maximum atomic E-state index is 13.0. The van der Waals surface area contributed by atoms with Crippen LogP contribution in [0.1, 0.15) is 36.2 Å². The number of nitrogens with zero attached hydrogens (tertiary/aromatic N) is 1.